The van der Waals surface area contributed by atoms with Crippen molar-refractivity contribution in [1.29, 1.82) is 0 Å². The molecule has 16 heavy (non-hydrogen) atoms. The first-order valence-electron chi connectivity index (χ1n) is 6.12. The highest BCUT2D eigenvalue weighted by Gasteiger charge is 2.23. The van der Waals surface area contributed by atoms with E-state index in [0.717, 1.165) is 39.1 Å². The number of rotatable bonds is 5. The monoisotopic (exact) mass is 228 g/mol. The SMILES string of the molecule is O=C(COCC1CCOCC1)C1CCOC1. The normalized spacial score (nSPS) is 27.1. The maximum Gasteiger partial charge on any atom is 0.163 e. The van der Waals surface area contributed by atoms with Gasteiger partial charge in [0.25, 0.3) is 0 Å². The number of ether oxygens (including phenoxy) is 3. The molecule has 2 rings (SSSR count). The van der Waals surface area contributed by atoms with Crippen molar-refractivity contribution < 1.29 is 19.0 Å². The van der Waals surface area contributed by atoms with Crippen LogP contribution in [-0.2, 0) is 19.0 Å². The van der Waals surface area contributed by atoms with E-state index in [4.69, 9.17) is 14.2 Å². The molecule has 4 nitrogen and oxygen atoms in total. The van der Waals surface area contributed by atoms with Crippen molar-refractivity contribution in [2.24, 2.45) is 11.8 Å². The number of hydrogen-bond donors (Lipinski definition) is 0. The second kappa shape index (κ2) is 6.33. The smallest absolute Gasteiger partial charge is 0.163 e. The van der Waals surface area contributed by atoms with Gasteiger partial charge in [-0.05, 0) is 25.2 Å². The molecule has 1 atom stereocenters. The molecule has 2 aliphatic heterocycles. The van der Waals surface area contributed by atoms with E-state index in [1.165, 1.54) is 0 Å². The fraction of sp³-hybridized carbons (Fsp3) is 0.917. The standard InChI is InChI=1S/C12H20O4/c13-12(11-3-6-15-8-11)9-16-7-10-1-4-14-5-2-10/h10-11H,1-9H2. The third kappa shape index (κ3) is 3.54. The van der Waals surface area contributed by atoms with Crippen LogP contribution in [0.3, 0.4) is 0 Å². The lowest BCUT2D eigenvalue weighted by molar-refractivity contribution is -0.128. The lowest BCUT2D eigenvalue weighted by Crippen LogP contribution is -2.24. The minimum Gasteiger partial charge on any atom is -0.381 e. The number of carbonyl (C=O) groups excluding carboxylic acids is 1. The van der Waals surface area contributed by atoms with E-state index in [9.17, 15) is 4.79 Å². The van der Waals surface area contributed by atoms with E-state index in [-0.39, 0.29) is 18.3 Å². The molecular weight excluding hydrogens is 208 g/mol. The van der Waals surface area contributed by atoms with Gasteiger partial charge in [0.1, 0.15) is 6.61 Å². The van der Waals surface area contributed by atoms with Gasteiger partial charge in [0.05, 0.1) is 13.2 Å². The van der Waals surface area contributed by atoms with Gasteiger partial charge in [0.2, 0.25) is 0 Å². The van der Waals surface area contributed by atoms with Crippen LogP contribution in [0, 0.1) is 11.8 Å². The van der Waals surface area contributed by atoms with Crippen molar-refractivity contribution in [3.05, 3.63) is 0 Å². The summed E-state index contributed by atoms with van der Waals surface area (Å²) < 4.78 is 15.9. The topological polar surface area (TPSA) is 44.8 Å². The van der Waals surface area contributed by atoms with Crippen molar-refractivity contribution in [3.63, 3.8) is 0 Å². The van der Waals surface area contributed by atoms with E-state index in [2.05, 4.69) is 0 Å². The number of ketones is 1. The third-order valence-electron chi connectivity index (χ3n) is 3.32. The van der Waals surface area contributed by atoms with Gasteiger partial charge in [-0.3, -0.25) is 4.79 Å². The van der Waals surface area contributed by atoms with Gasteiger partial charge >= 0.3 is 0 Å². The highest BCUT2D eigenvalue weighted by atomic mass is 16.5. The van der Waals surface area contributed by atoms with Crippen molar-refractivity contribution in [1.82, 2.24) is 0 Å². The van der Waals surface area contributed by atoms with Crippen LogP contribution in [0.1, 0.15) is 19.3 Å². The van der Waals surface area contributed by atoms with E-state index < -0.39 is 0 Å². The van der Waals surface area contributed by atoms with E-state index in [1.54, 1.807) is 0 Å². The molecule has 0 radical (unpaired) electrons. The highest BCUT2D eigenvalue weighted by Crippen LogP contribution is 2.16. The molecule has 92 valence electrons. The molecule has 0 aliphatic carbocycles. The quantitative estimate of drug-likeness (QED) is 0.705. The van der Waals surface area contributed by atoms with Crippen molar-refractivity contribution in [2.75, 3.05) is 39.6 Å². The molecule has 2 heterocycles. The van der Waals surface area contributed by atoms with E-state index >= 15 is 0 Å². The Kier molecular flexibility index (Phi) is 4.75. The van der Waals surface area contributed by atoms with Crippen LogP contribution in [-0.4, -0.2) is 45.4 Å². The Balaban J connectivity index is 1.57. The minimum absolute atomic E-state index is 0.0784. The Hall–Kier alpha value is -0.450. The van der Waals surface area contributed by atoms with Crippen LogP contribution in [0.25, 0.3) is 0 Å². The van der Waals surface area contributed by atoms with Gasteiger partial charge in [-0.2, -0.15) is 0 Å². The first-order valence-corrected chi connectivity index (χ1v) is 6.12. The maximum atomic E-state index is 11.7. The molecule has 2 saturated heterocycles. The van der Waals surface area contributed by atoms with Gasteiger partial charge < -0.3 is 14.2 Å². The summed E-state index contributed by atoms with van der Waals surface area (Å²) in [7, 11) is 0. The van der Waals surface area contributed by atoms with Crippen molar-refractivity contribution >= 4 is 5.78 Å². The first-order chi connectivity index (χ1) is 7.86. The molecular formula is C12H20O4. The Morgan fingerprint density at radius 3 is 2.56 bits per heavy atom. The lowest BCUT2D eigenvalue weighted by Gasteiger charge is -2.21. The van der Waals surface area contributed by atoms with Gasteiger partial charge in [0, 0.05) is 25.7 Å². The summed E-state index contributed by atoms with van der Waals surface area (Å²) in [4.78, 5) is 11.7. The summed E-state index contributed by atoms with van der Waals surface area (Å²) in [6.07, 6.45) is 2.97. The second-order valence-electron chi connectivity index (χ2n) is 4.60. The predicted molar refractivity (Wildman–Crippen MR) is 58.3 cm³/mol. The lowest BCUT2D eigenvalue weighted by atomic mass is 10.0. The molecule has 0 N–H and O–H groups in total. The van der Waals surface area contributed by atoms with Crippen LogP contribution >= 0.6 is 0 Å². The molecule has 0 aromatic heterocycles. The first kappa shape index (κ1) is 12.0. The second-order valence-corrected chi connectivity index (χ2v) is 4.60. The van der Waals surface area contributed by atoms with Crippen LogP contribution in [0.5, 0.6) is 0 Å². The third-order valence-corrected chi connectivity index (χ3v) is 3.32. The fourth-order valence-corrected chi connectivity index (χ4v) is 2.15. The van der Waals surface area contributed by atoms with Crippen molar-refractivity contribution in [2.45, 2.75) is 19.3 Å². The molecule has 2 aliphatic rings. The Bertz CT molecular complexity index is 217. The Labute approximate surface area is 96.2 Å². The molecule has 0 bridgehead atoms. The van der Waals surface area contributed by atoms with Crippen LogP contribution < -0.4 is 0 Å². The summed E-state index contributed by atoms with van der Waals surface area (Å²) in [5.74, 6) is 0.848. The number of Topliss-reactive ketones (excluding diaryl/α,β-unsaturated/α-hetero) is 1. The summed E-state index contributed by atoms with van der Waals surface area (Å²) in [5.41, 5.74) is 0. The van der Waals surface area contributed by atoms with Crippen molar-refractivity contribution in [3.8, 4) is 0 Å². The zero-order valence-corrected chi connectivity index (χ0v) is 9.65. The predicted octanol–water partition coefficient (Wildman–Crippen LogP) is 1.04. The number of carbonyl (C=O) groups is 1. The molecule has 1 unspecified atom stereocenters. The van der Waals surface area contributed by atoms with Gasteiger partial charge in [0.15, 0.2) is 5.78 Å². The fourth-order valence-electron chi connectivity index (χ4n) is 2.15. The van der Waals surface area contributed by atoms with E-state index in [0.29, 0.717) is 19.1 Å². The zero-order valence-electron chi connectivity index (χ0n) is 9.65. The summed E-state index contributed by atoms with van der Waals surface area (Å²) in [6.45, 7) is 3.92. The molecule has 0 amide bonds. The Morgan fingerprint density at radius 2 is 1.88 bits per heavy atom. The summed E-state index contributed by atoms with van der Waals surface area (Å²) in [5, 5.41) is 0. The molecule has 0 aromatic carbocycles. The minimum atomic E-state index is 0.0784. The molecule has 2 fully saturated rings. The maximum absolute atomic E-state index is 11.7. The number of hydrogen-bond acceptors (Lipinski definition) is 4. The van der Waals surface area contributed by atoms with Crippen LogP contribution in [0.2, 0.25) is 0 Å². The van der Waals surface area contributed by atoms with Crippen LogP contribution in [0.15, 0.2) is 0 Å². The Morgan fingerprint density at radius 1 is 1.12 bits per heavy atom. The highest BCUT2D eigenvalue weighted by molar-refractivity contribution is 5.82. The zero-order chi connectivity index (χ0) is 11.2. The summed E-state index contributed by atoms with van der Waals surface area (Å²) >= 11 is 0. The summed E-state index contributed by atoms with van der Waals surface area (Å²) in [6, 6.07) is 0. The molecule has 0 aromatic rings. The van der Waals surface area contributed by atoms with Gasteiger partial charge in [-0.15, -0.1) is 0 Å². The van der Waals surface area contributed by atoms with Gasteiger partial charge in [-0.25, -0.2) is 0 Å². The molecule has 0 saturated carbocycles. The average molecular weight is 228 g/mol. The van der Waals surface area contributed by atoms with E-state index in [1.807, 2.05) is 0 Å². The van der Waals surface area contributed by atoms with Crippen LogP contribution in [0.4, 0.5) is 0 Å². The largest absolute Gasteiger partial charge is 0.381 e. The van der Waals surface area contributed by atoms with Gasteiger partial charge in [-0.1, -0.05) is 0 Å². The molecule has 0 spiro atoms. The average Bonchev–Trinajstić information content (AvgIpc) is 2.84. The molecule has 4 heteroatoms.